The third-order valence-corrected chi connectivity index (χ3v) is 4.47. The number of nitrogens with one attached hydrogen (secondary N) is 2. The second kappa shape index (κ2) is 7.24. The molecule has 0 saturated heterocycles. The molecular formula is C17H15N3S2. The maximum Gasteiger partial charge on any atom is 0.154 e. The molecule has 0 atom stereocenters. The van der Waals surface area contributed by atoms with Crippen molar-refractivity contribution in [2.75, 3.05) is 0 Å². The van der Waals surface area contributed by atoms with Gasteiger partial charge >= 0.3 is 0 Å². The Morgan fingerprint density at radius 2 is 2.00 bits per heavy atom. The molecule has 2 N–H and O–H groups in total. The number of fused-ring (bicyclic) bond motifs is 1. The number of hydrazone groups is 1. The molecule has 3 rings (SSSR count). The zero-order valence-electron chi connectivity index (χ0n) is 11.8. The first-order valence-corrected chi connectivity index (χ1v) is 8.28. The molecule has 110 valence electrons. The number of hydrogen-bond acceptors (Lipinski definition) is 3. The molecule has 2 aromatic carbocycles. The molecule has 0 saturated carbocycles. The zero-order valence-corrected chi connectivity index (χ0v) is 13.5. The summed E-state index contributed by atoms with van der Waals surface area (Å²) in [5.41, 5.74) is 6.27. The van der Waals surface area contributed by atoms with Crippen molar-refractivity contribution in [1.29, 1.82) is 0 Å². The highest BCUT2D eigenvalue weighted by Gasteiger charge is 2.00. The summed E-state index contributed by atoms with van der Waals surface area (Å²) in [6.45, 7) is 0. The van der Waals surface area contributed by atoms with Gasteiger partial charge in [0, 0.05) is 22.9 Å². The van der Waals surface area contributed by atoms with Crippen molar-refractivity contribution in [3.05, 3.63) is 71.9 Å². The van der Waals surface area contributed by atoms with Crippen LogP contribution < -0.4 is 5.43 Å². The number of para-hydroxylation sites is 1. The van der Waals surface area contributed by atoms with E-state index in [2.05, 4.69) is 33.7 Å². The van der Waals surface area contributed by atoms with Crippen molar-refractivity contribution >= 4 is 45.4 Å². The van der Waals surface area contributed by atoms with E-state index in [4.69, 9.17) is 12.2 Å². The lowest BCUT2D eigenvalue weighted by atomic mass is 10.2. The van der Waals surface area contributed by atoms with Crippen molar-refractivity contribution in [3.63, 3.8) is 0 Å². The van der Waals surface area contributed by atoms with Gasteiger partial charge in [-0.3, -0.25) is 5.43 Å². The maximum absolute atomic E-state index is 5.28. The Balaban J connectivity index is 1.55. The molecule has 0 unspecified atom stereocenters. The van der Waals surface area contributed by atoms with Gasteiger partial charge in [0.2, 0.25) is 0 Å². The summed E-state index contributed by atoms with van der Waals surface area (Å²) in [7, 11) is 0. The third-order valence-electron chi connectivity index (χ3n) is 3.19. The minimum Gasteiger partial charge on any atom is -0.361 e. The van der Waals surface area contributed by atoms with Gasteiger partial charge in [-0.25, -0.2) is 0 Å². The molecule has 1 heterocycles. The van der Waals surface area contributed by atoms with Crippen LogP contribution in [0.3, 0.4) is 0 Å². The molecule has 3 aromatic rings. The maximum atomic E-state index is 5.28. The van der Waals surface area contributed by atoms with Gasteiger partial charge in [0.1, 0.15) is 0 Å². The SMILES string of the molecule is S=C(N/N=C/c1cccc2cc[nH]c12)SCc1ccccc1. The average molecular weight is 325 g/mol. The number of H-pyrrole nitrogens is 1. The van der Waals surface area contributed by atoms with E-state index in [9.17, 15) is 0 Å². The Morgan fingerprint density at radius 1 is 1.14 bits per heavy atom. The number of aromatic amines is 1. The molecule has 0 amide bonds. The van der Waals surface area contributed by atoms with Crippen LogP contribution in [0, 0.1) is 0 Å². The lowest BCUT2D eigenvalue weighted by Gasteiger charge is -2.03. The Kier molecular flexibility index (Phi) is 4.88. The summed E-state index contributed by atoms with van der Waals surface area (Å²) in [5, 5.41) is 5.40. The van der Waals surface area contributed by atoms with Crippen molar-refractivity contribution in [2.24, 2.45) is 5.10 Å². The molecule has 0 aliphatic heterocycles. The lowest BCUT2D eigenvalue weighted by molar-refractivity contribution is 1.07. The van der Waals surface area contributed by atoms with Crippen molar-refractivity contribution < 1.29 is 0 Å². The molecule has 0 aliphatic rings. The van der Waals surface area contributed by atoms with E-state index in [1.54, 1.807) is 18.0 Å². The predicted octanol–water partition coefficient (Wildman–Crippen LogP) is 4.31. The first kappa shape index (κ1) is 14.8. The topological polar surface area (TPSA) is 40.2 Å². The molecular weight excluding hydrogens is 310 g/mol. The molecule has 5 heteroatoms. The van der Waals surface area contributed by atoms with Crippen LogP contribution in [-0.2, 0) is 5.75 Å². The third kappa shape index (κ3) is 3.75. The van der Waals surface area contributed by atoms with Gasteiger partial charge in [-0.15, -0.1) is 0 Å². The summed E-state index contributed by atoms with van der Waals surface area (Å²) in [6.07, 6.45) is 3.71. The molecule has 0 spiro atoms. The molecule has 0 radical (unpaired) electrons. The van der Waals surface area contributed by atoms with Crippen molar-refractivity contribution in [2.45, 2.75) is 5.75 Å². The molecule has 0 bridgehead atoms. The number of thioether (sulfide) groups is 1. The largest absolute Gasteiger partial charge is 0.361 e. The number of hydrogen-bond donors (Lipinski definition) is 2. The zero-order chi connectivity index (χ0) is 15.2. The van der Waals surface area contributed by atoms with Gasteiger partial charge in [0.05, 0.1) is 11.7 Å². The van der Waals surface area contributed by atoms with Crippen molar-refractivity contribution in [3.8, 4) is 0 Å². The Bertz CT molecular complexity index is 794. The van der Waals surface area contributed by atoms with Gasteiger partial charge in [-0.2, -0.15) is 5.10 Å². The summed E-state index contributed by atoms with van der Waals surface area (Å²) in [5.74, 6) is 0.842. The van der Waals surface area contributed by atoms with E-state index in [1.807, 2.05) is 42.6 Å². The quantitative estimate of drug-likeness (QED) is 0.426. The van der Waals surface area contributed by atoms with Crippen LogP contribution in [0.1, 0.15) is 11.1 Å². The Labute approximate surface area is 138 Å². The van der Waals surface area contributed by atoms with E-state index in [0.717, 1.165) is 16.8 Å². The number of benzene rings is 2. The van der Waals surface area contributed by atoms with E-state index in [0.29, 0.717) is 4.32 Å². The minimum atomic E-state index is 0.666. The highest BCUT2D eigenvalue weighted by Crippen LogP contribution is 2.15. The van der Waals surface area contributed by atoms with Gasteiger partial charge in [-0.05, 0) is 11.6 Å². The van der Waals surface area contributed by atoms with E-state index < -0.39 is 0 Å². The smallest absolute Gasteiger partial charge is 0.154 e. The van der Waals surface area contributed by atoms with E-state index in [1.165, 1.54) is 10.9 Å². The predicted molar refractivity (Wildman–Crippen MR) is 99.4 cm³/mol. The van der Waals surface area contributed by atoms with Crippen molar-refractivity contribution in [1.82, 2.24) is 10.4 Å². The van der Waals surface area contributed by atoms with Gasteiger partial charge in [0.25, 0.3) is 0 Å². The second-order valence-corrected chi connectivity index (χ2v) is 6.37. The first-order chi connectivity index (χ1) is 10.8. The normalized spacial score (nSPS) is 11.1. The molecule has 0 fully saturated rings. The summed E-state index contributed by atoms with van der Waals surface area (Å²) in [6, 6.07) is 18.4. The van der Waals surface area contributed by atoms with Crippen LogP contribution in [0.4, 0.5) is 0 Å². The summed E-state index contributed by atoms with van der Waals surface area (Å²) < 4.78 is 0.666. The standard InChI is InChI=1S/C17H15N3S2/c21-17(22-12-13-5-2-1-3-6-13)20-19-11-15-8-4-7-14-9-10-18-16(14)15/h1-11,18H,12H2,(H,20,21)/b19-11+. The Hall–Kier alpha value is -2.11. The van der Waals surface area contributed by atoms with Gasteiger partial charge in [0.15, 0.2) is 4.32 Å². The highest BCUT2D eigenvalue weighted by atomic mass is 32.2. The fourth-order valence-electron chi connectivity index (χ4n) is 2.13. The monoisotopic (exact) mass is 325 g/mol. The van der Waals surface area contributed by atoms with Crippen LogP contribution in [-0.4, -0.2) is 15.5 Å². The Morgan fingerprint density at radius 3 is 2.86 bits per heavy atom. The van der Waals surface area contributed by atoms with E-state index >= 15 is 0 Å². The highest BCUT2D eigenvalue weighted by molar-refractivity contribution is 8.22. The van der Waals surface area contributed by atoms with E-state index in [-0.39, 0.29) is 0 Å². The number of thiocarbonyl (C=S) groups is 1. The van der Waals surface area contributed by atoms with Gasteiger partial charge in [-0.1, -0.05) is 72.5 Å². The number of rotatable bonds is 4. The van der Waals surface area contributed by atoms with Gasteiger partial charge < -0.3 is 4.98 Å². The number of nitrogens with zero attached hydrogens (tertiary/aromatic N) is 1. The van der Waals surface area contributed by atoms with Crippen LogP contribution in [0.2, 0.25) is 0 Å². The molecule has 1 aromatic heterocycles. The minimum absolute atomic E-state index is 0.666. The number of aromatic nitrogens is 1. The van der Waals surface area contributed by atoms with Crippen LogP contribution in [0.25, 0.3) is 10.9 Å². The van der Waals surface area contributed by atoms with Crippen LogP contribution >= 0.6 is 24.0 Å². The first-order valence-electron chi connectivity index (χ1n) is 6.89. The molecule has 3 nitrogen and oxygen atoms in total. The second-order valence-electron chi connectivity index (χ2n) is 4.72. The van der Waals surface area contributed by atoms with Crippen LogP contribution in [0.15, 0.2) is 65.9 Å². The lowest BCUT2D eigenvalue weighted by Crippen LogP contribution is -2.11. The average Bonchev–Trinajstić information content (AvgIpc) is 3.03. The van der Waals surface area contributed by atoms with Crippen LogP contribution in [0.5, 0.6) is 0 Å². The fraction of sp³-hybridized carbons (Fsp3) is 0.0588. The molecule has 22 heavy (non-hydrogen) atoms. The fourth-order valence-corrected chi connectivity index (χ4v) is 2.96. The molecule has 0 aliphatic carbocycles. The summed E-state index contributed by atoms with van der Waals surface area (Å²) >= 11 is 6.85. The summed E-state index contributed by atoms with van der Waals surface area (Å²) in [4.78, 5) is 3.22.